The maximum absolute atomic E-state index is 12.6. The van der Waals surface area contributed by atoms with Crippen LogP contribution >= 0.6 is 0 Å². The van der Waals surface area contributed by atoms with E-state index in [1.807, 2.05) is 17.0 Å². The molecule has 130 valence electrons. The Morgan fingerprint density at radius 1 is 1.21 bits per heavy atom. The number of rotatable bonds is 7. The van der Waals surface area contributed by atoms with Crippen LogP contribution in [0.5, 0.6) is 0 Å². The molecule has 1 aliphatic heterocycles. The maximum Gasteiger partial charge on any atom is 0.223 e. The smallest absolute Gasteiger partial charge is 0.223 e. The molecule has 1 unspecified atom stereocenters. The van der Waals surface area contributed by atoms with Gasteiger partial charge in [-0.3, -0.25) is 9.59 Å². The van der Waals surface area contributed by atoms with E-state index in [1.54, 1.807) is 0 Å². The van der Waals surface area contributed by atoms with E-state index in [2.05, 4.69) is 18.3 Å². The summed E-state index contributed by atoms with van der Waals surface area (Å²) in [6.07, 6.45) is 6.01. The zero-order valence-electron chi connectivity index (χ0n) is 14.6. The van der Waals surface area contributed by atoms with Crippen molar-refractivity contribution in [2.45, 2.75) is 57.9 Å². The molecule has 0 aromatic heterocycles. The summed E-state index contributed by atoms with van der Waals surface area (Å²) < 4.78 is 0. The van der Waals surface area contributed by atoms with E-state index in [-0.39, 0.29) is 11.7 Å². The number of nitrogens with one attached hydrogen (secondary N) is 1. The molecular formula is C20H28N2O2. The first-order valence-corrected chi connectivity index (χ1v) is 9.34. The number of carbonyl (C=O) groups excluding carboxylic acids is 2. The Kier molecular flexibility index (Phi) is 5.67. The van der Waals surface area contributed by atoms with Crippen molar-refractivity contribution in [3.63, 3.8) is 0 Å². The van der Waals surface area contributed by atoms with Gasteiger partial charge < -0.3 is 10.2 Å². The molecule has 0 bridgehead atoms. The van der Waals surface area contributed by atoms with Crippen LogP contribution in [-0.2, 0) is 17.6 Å². The van der Waals surface area contributed by atoms with Crippen LogP contribution in [0.3, 0.4) is 0 Å². The third-order valence-electron chi connectivity index (χ3n) is 5.25. The number of amides is 1. The normalized spacial score (nSPS) is 19.3. The van der Waals surface area contributed by atoms with Gasteiger partial charge >= 0.3 is 0 Å². The molecule has 1 aromatic rings. The Bertz CT molecular complexity index is 606. The Hall–Kier alpha value is -1.68. The van der Waals surface area contributed by atoms with Crippen molar-refractivity contribution >= 4 is 11.7 Å². The first-order chi connectivity index (χ1) is 11.7. The fraction of sp³-hybridized carbons (Fsp3) is 0.600. The predicted octanol–water partition coefficient (Wildman–Crippen LogP) is 2.74. The van der Waals surface area contributed by atoms with Crippen LogP contribution in [0.15, 0.2) is 18.2 Å². The molecule has 1 amide bonds. The monoisotopic (exact) mass is 328 g/mol. The van der Waals surface area contributed by atoms with E-state index in [4.69, 9.17) is 0 Å². The number of hydrogen-bond donors (Lipinski definition) is 1. The van der Waals surface area contributed by atoms with Crippen LogP contribution in [0.25, 0.3) is 0 Å². The number of ketones is 1. The molecule has 1 fully saturated rings. The van der Waals surface area contributed by atoms with Crippen LogP contribution in [0.2, 0.25) is 0 Å². The van der Waals surface area contributed by atoms with Crippen LogP contribution in [0, 0.1) is 0 Å². The SMILES string of the molecule is CCCN(C(=O)CCC(=O)c1ccc2c(c1)CCC2)C1CCNC1. The van der Waals surface area contributed by atoms with Gasteiger partial charge in [-0.2, -0.15) is 0 Å². The molecule has 1 aliphatic carbocycles. The van der Waals surface area contributed by atoms with Crippen molar-refractivity contribution in [1.82, 2.24) is 10.2 Å². The molecule has 0 spiro atoms. The molecule has 1 heterocycles. The first-order valence-electron chi connectivity index (χ1n) is 9.34. The van der Waals surface area contributed by atoms with Crippen molar-refractivity contribution in [1.29, 1.82) is 0 Å². The van der Waals surface area contributed by atoms with E-state index in [0.29, 0.717) is 18.9 Å². The minimum Gasteiger partial charge on any atom is -0.338 e. The molecule has 4 heteroatoms. The molecule has 0 radical (unpaired) electrons. The van der Waals surface area contributed by atoms with Crippen molar-refractivity contribution in [3.8, 4) is 0 Å². The summed E-state index contributed by atoms with van der Waals surface area (Å²) in [6, 6.07) is 6.36. The Labute approximate surface area is 144 Å². The fourth-order valence-electron chi connectivity index (χ4n) is 3.91. The van der Waals surface area contributed by atoms with E-state index in [9.17, 15) is 9.59 Å². The highest BCUT2D eigenvalue weighted by molar-refractivity contribution is 5.98. The summed E-state index contributed by atoms with van der Waals surface area (Å²) in [6.45, 7) is 4.74. The molecule has 1 saturated heterocycles. The lowest BCUT2D eigenvalue weighted by Gasteiger charge is -2.28. The highest BCUT2D eigenvalue weighted by Gasteiger charge is 2.26. The lowest BCUT2D eigenvalue weighted by atomic mass is 10.0. The van der Waals surface area contributed by atoms with Crippen LogP contribution in [0.1, 0.15) is 60.5 Å². The number of aryl methyl sites for hydroxylation is 2. The van der Waals surface area contributed by atoms with Crippen LogP contribution in [-0.4, -0.2) is 42.3 Å². The third kappa shape index (κ3) is 3.86. The molecule has 2 aliphatic rings. The molecule has 1 atom stereocenters. The van der Waals surface area contributed by atoms with Gasteiger partial charge in [-0.05, 0) is 55.8 Å². The minimum atomic E-state index is 0.0963. The van der Waals surface area contributed by atoms with Gasteiger partial charge in [0.15, 0.2) is 5.78 Å². The minimum absolute atomic E-state index is 0.0963. The summed E-state index contributed by atoms with van der Waals surface area (Å²) >= 11 is 0. The van der Waals surface area contributed by atoms with Gasteiger partial charge in [0.25, 0.3) is 0 Å². The van der Waals surface area contributed by atoms with Gasteiger partial charge in [0.1, 0.15) is 0 Å². The van der Waals surface area contributed by atoms with Crippen molar-refractivity contribution in [2.75, 3.05) is 19.6 Å². The largest absolute Gasteiger partial charge is 0.338 e. The fourth-order valence-corrected chi connectivity index (χ4v) is 3.91. The highest BCUT2D eigenvalue weighted by Crippen LogP contribution is 2.23. The molecule has 24 heavy (non-hydrogen) atoms. The van der Waals surface area contributed by atoms with E-state index in [0.717, 1.165) is 50.9 Å². The summed E-state index contributed by atoms with van der Waals surface area (Å²) in [4.78, 5) is 27.0. The topological polar surface area (TPSA) is 49.4 Å². The maximum atomic E-state index is 12.6. The number of Topliss-reactive ketones (excluding diaryl/α,β-unsaturated/α-hetero) is 1. The Morgan fingerprint density at radius 3 is 2.79 bits per heavy atom. The van der Waals surface area contributed by atoms with Gasteiger partial charge in [0.05, 0.1) is 0 Å². The standard InChI is InChI=1S/C20H28N2O2/c1-2-12-22(18-10-11-21-14-18)20(24)9-8-19(23)17-7-6-15-4-3-5-16(15)13-17/h6-7,13,18,21H,2-5,8-12,14H2,1H3. The van der Waals surface area contributed by atoms with E-state index >= 15 is 0 Å². The highest BCUT2D eigenvalue weighted by atomic mass is 16.2. The second-order valence-corrected chi connectivity index (χ2v) is 6.99. The number of benzene rings is 1. The second-order valence-electron chi connectivity index (χ2n) is 6.99. The average Bonchev–Trinajstić information content (AvgIpc) is 3.27. The zero-order valence-corrected chi connectivity index (χ0v) is 14.6. The lowest BCUT2D eigenvalue weighted by molar-refractivity contribution is -0.133. The number of nitrogens with zero attached hydrogens (tertiary/aromatic N) is 1. The molecule has 1 N–H and O–H groups in total. The lowest BCUT2D eigenvalue weighted by Crippen LogP contribution is -2.42. The van der Waals surface area contributed by atoms with E-state index in [1.165, 1.54) is 17.5 Å². The molecule has 4 nitrogen and oxygen atoms in total. The van der Waals surface area contributed by atoms with Crippen LogP contribution in [0.4, 0.5) is 0 Å². The zero-order chi connectivity index (χ0) is 16.9. The molecular weight excluding hydrogens is 300 g/mol. The van der Waals surface area contributed by atoms with Gasteiger partial charge in [-0.1, -0.05) is 19.1 Å². The quantitative estimate of drug-likeness (QED) is 0.783. The van der Waals surface area contributed by atoms with Crippen molar-refractivity contribution in [3.05, 3.63) is 34.9 Å². The summed E-state index contributed by atoms with van der Waals surface area (Å²) in [5, 5.41) is 3.32. The van der Waals surface area contributed by atoms with Gasteiger partial charge in [-0.15, -0.1) is 0 Å². The molecule has 1 aromatic carbocycles. The van der Waals surface area contributed by atoms with Gasteiger partial charge in [0, 0.05) is 37.5 Å². The average molecular weight is 328 g/mol. The second kappa shape index (κ2) is 7.93. The van der Waals surface area contributed by atoms with Crippen molar-refractivity contribution < 1.29 is 9.59 Å². The van der Waals surface area contributed by atoms with Gasteiger partial charge in [-0.25, -0.2) is 0 Å². The molecule has 3 rings (SSSR count). The summed E-state index contributed by atoms with van der Waals surface area (Å²) in [5.41, 5.74) is 3.47. The predicted molar refractivity (Wildman–Crippen MR) is 95.3 cm³/mol. The van der Waals surface area contributed by atoms with Gasteiger partial charge in [0.2, 0.25) is 5.91 Å². The summed E-state index contributed by atoms with van der Waals surface area (Å²) in [5.74, 6) is 0.221. The Balaban J connectivity index is 1.57. The van der Waals surface area contributed by atoms with E-state index < -0.39 is 0 Å². The van der Waals surface area contributed by atoms with Crippen molar-refractivity contribution in [2.24, 2.45) is 0 Å². The third-order valence-corrected chi connectivity index (χ3v) is 5.25. The number of carbonyl (C=O) groups is 2. The number of fused-ring (bicyclic) bond motifs is 1. The van der Waals surface area contributed by atoms with Crippen LogP contribution < -0.4 is 5.32 Å². The number of hydrogen-bond acceptors (Lipinski definition) is 3. The molecule has 0 saturated carbocycles. The first kappa shape index (κ1) is 17.2. The summed E-state index contributed by atoms with van der Waals surface area (Å²) in [7, 11) is 0. The Morgan fingerprint density at radius 2 is 2.04 bits per heavy atom.